The predicted octanol–water partition coefficient (Wildman–Crippen LogP) is 2.56. The van der Waals surface area contributed by atoms with Gasteiger partial charge < -0.3 is 5.32 Å². The standard InChI is InChI=1S/C14H11BrN4O2S/c1-8-5-16-14(22-8)18-12(20)6-19-7-17-11-3-2-9(15)4-10(11)13(19)21/h2-5,7H,6H2,1H3,(H,16,18,20). The molecule has 0 aliphatic heterocycles. The molecule has 0 saturated heterocycles. The molecule has 1 aromatic carbocycles. The third kappa shape index (κ3) is 3.07. The zero-order valence-electron chi connectivity index (χ0n) is 11.5. The monoisotopic (exact) mass is 378 g/mol. The van der Waals surface area contributed by atoms with E-state index in [1.165, 1.54) is 22.2 Å². The quantitative estimate of drug-likeness (QED) is 0.759. The van der Waals surface area contributed by atoms with E-state index in [9.17, 15) is 9.59 Å². The van der Waals surface area contributed by atoms with Crippen molar-refractivity contribution in [3.05, 3.63) is 50.4 Å². The van der Waals surface area contributed by atoms with E-state index in [2.05, 4.69) is 31.2 Å². The predicted molar refractivity (Wildman–Crippen MR) is 89.2 cm³/mol. The van der Waals surface area contributed by atoms with Crippen molar-refractivity contribution in [1.29, 1.82) is 0 Å². The van der Waals surface area contributed by atoms with E-state index in [4.69, 9.17) is 0 Å². The number of anilines is 1. The molecule has 0 radical (unpaired) electrons. The summed E-state index contributed by atoms with van der Waals surface area (Å²) in [6.45, 7) is 1.80. The van der Waals surface area contributed by atoms with E-state index in [0.717, 1.165) is 9.35 Å². The van der Waals surface area contributed by atoms with Crippen LogP contribution in [0, 0.1) is 6.92 Å². The lowest BCUT2D eigenvalue weighted by Crippen LogP contribution is -2.27. The summed E-state index contributed by atoms with van der Waals surface area (Å²) < 4.78 is 2.07. The maximum Gasteiger partial charge on any atom is 0.261 e. The second kappa shape index (κ2) is 5.98. The molecule has 2 aromatic heterocycles. The number of rotatable bonds is 3. The molecule has 1 amide bonds. The molecule has 0 saturated carbocycles. The number of halogens is 1. The van der Waals surface area contributed by atoms with Crippen LogP contribution in [0.1, 0.15) is 4.88 Å². The molecule has 22 heavy (non-hydrogen) atoms. The topological polar surface area (TPSA) is 76.9 Å². The summed E-state index contributed by atoms with van der Waals surface area (Å²) in [5, 5.41) is 3.66. The molecule has 6 nitrogen and oxygen atoms in total. The van der Waals surface area contributed by atoms with Crippen LogP contribution in [-0.4, -0.2) is 20.4 Å². The number of fused-ring (bicyclic) bond motifs is 1. The van der Waals surface area contributed by atoms with Crippen LogP contribution >= 0.6 is 27.3 Å². The van der Waals surface area contributed by atoms with Gasteiger partial charge in [-0.3, -0.25) is 14.2 Å². The summed E-state index contributed by atoms with van der Waals surface area (Å²) in [6.07, 6.45) is 3.06. The Labute approximate surface area is 138 Å². The van der Waals surface area contributed by atoms with Crippen molar-refractivity contribution in [2.24, 2.45) is 0 Å². The number of aromatic nitrogens is 3. The lowest BCUT2D eigenvalue weighted by atomic mass is 10.2. The van der Waals surface area contributed by atoms with E-state index in [0.29, 0.717) is 16.0 Å². The fourth-order valence-corrected chi connectivity index (χ4v) is 3.01. The normalized spacial score (nSPS) is 10.8. The molecule has 2 heterocycles. The maximum atomic E-state index is 12.4. The zero-order chi connectivity index (χ0) is 15.7. The summed E-state index contributed by atoms with van der Waals surface area (Å²) in [5.74, 6) is -0.312. The van der Waals surface area contributed by atoms with Gasteiger partial charge in [-0.1, -0.05) is 15.9 Å². The average molecular weight is 379 g/mol. The summed E-state index contributed by atoms with van der Waals surface area (Å²) in [4.78, 5) is 33.6. The van der Waals surface area contributed by atoms with Crippen molar-refractivity contribution in [3.63, 3.8) is 0 Å². The highest BCUT2D eigenvalue weighted by Gasteiger charge is 2.10. The van der Waals surface area contributed by atoms with Crippen LogP contribution in [0.25, 0.3) is 10.9 Å². The summed E-state index contributed by atoms with van der Waals surface area (Å²) in [7, 11) is 0. The molecule has 3 rings (SSSR count). The fraction of sp³-hybridized carbons (Fsp3) is 0.143. The van der Waals surface area contributed by atoms with Crippen LogP contribution in [0.15, 0.2) is 40.0 Å². The molecule has 0 aliphatic rings. The first-order chi connectivity index (χ1) is 10.5. The van der Waals surface area contributed by atoms with Gasteiger partial charge in [-0.15, -0.1) is 11.3 Å². The van der Waals surface area contributed by atoms with E-state index >= 15 is 0 Å². The number of amides is 1. The Morgan fingerprint density at radius 1 is 1.41 bits per heavy atom. The van der Waals surface area contributed by atoms with Crippen LogP contribution in [0.5, 0.6) is 0 Å². The molecule has 112 valence electrons. The first-order valence-corrected chi connectivity index (χ1v) is 8.01. The van der Waals surface area contributed by atoms with Crippen molar-refractivity contribution < 1.29 is 4.79 Å². The van der Waals surface area contributed by atoms with Crippen molar-refractivity contribution >= 4 is 49.2 Å². The molecule has 0 atom stereocenters. The van der Waals surface area contributed by atoms with Gasteiger partial charge in [-0.2, -0.15) is 0 Å². The van der Waals surface area contributed by atoms with Gasteiger partial charge in [0, 0.05) is 15.5 Å². The third-order valence-electron chi connectivity index (χ3n) is 2.97. The minimum absolute atomic E-state index is 0.104. The number of nitrogens with zero attached hydrogens (tertiary/aromatic N) is 3. The van der Waals surface area contributed by atoms with Gasteiger partial charge in [0.15, 0.2) is 5.13 Å². The minimum Gasteiger partial charge on any atom is -0.300 e. The number of aryl methyl sites for hydroxylation is 1. The Morgan fingerprint density at radius 2 is 2.23 bits per heavy atom. The van der Waals surface area contributed by atoms with E-state index < -0.39 is 0 Å². The second-order valence-corrected chi connectivity index (χ2v) is 6.81. The molecule has 0 spiro atoms. The Bertz CT molecular complexity index is 919. The largest absolute Gasteiger partial charge is 0.300 e. The first kappa shape index (κ1) is 14.9. The third-order valence-corrected chi connectivity index (χ3v) is 4.29. The number of hydrogen-bond acceptors (Lipinski definition) is 5. The van der Waals surface area contributed by atoms with Gasteiger partial charge in [0.2, 0.25) is 5.91 Å². The molecule has 0 bridgehead atoms. The number of benzene rings is 1. The van der Waals surface area contributed by atoms with Crippen LogP contribution in [0.3, 0.4) is 0 Å². The highest BCUT2D eigenvalue weighted by molar-refractivity contribution is 9.10. The van der Waals surface area contributed by atoms with Gasteiger partial charge in [0.05, 0.1) is 17.2 Å². The average Bonchev–Trinajstić information content (AvgIpc) is 2.87. The van der Waals surface area contributed by atoms with Crippen LogP contribution < -0.4 is 10.9 Å². The van der Waals surface area contributed by atoms with Crippen molar-refractivity contribution in [2.45, 2.75) is 13.5 Å². The van der Waals surface area contributed by atoms with E-state index in [1.807, 2.05) is 13.0 Å². The van der Waals surface area contributed by atoms with Crippen molar-refractivity contribution in [1.82, 2.24) is 14.5 Å². The lowest BCUT2D eigenvalue weighted by Gasteiger charge is -2.06. The van der Waals surface area contributed by atoms with Crippen molar-refractivity contribution in [3.8, 4) is 0 Å². The molecule has 0 aliphatic carbocycles. The number of thiazole rings is 1. The molecule has 8 heteroatoms. The molecular formula is C14H11BrN4O2S. The van der Waals surface area contributed by atoms with Gasteiger partial charge in [-0.05, 0) is 25.1 Å². The molecular weight excluding hydrogens is 368 g/mol. The molecule has 3 aromatic rings. The van der Waals surface area contributed by atoms with Crippen LogP contribution in [0.4, 0.5) is 5.13 Å². The van der Waals surface area contributed by atoms with Crippen LogP contribution in [0.2, 0.25) is 0 Å². The van der Waals surface area contributed by atoms with Crippen molar-refractivity contribution in [2.75, 3.05) is 5.32 Å². The Balaban J connectivity index is 1.86. The smallest absolute Gasteiger partial charge is 0.261 e. The SMILES string of the molecule is Cc1cnc(NC(=O)Cn2cnc3ccc(Br)cc3c2=O)s1. The number of carbonyl (C=O) groups excluding carboxylic acids is 1. The first-order valence-electron chi connectivity index (χ1n) is 6.40. The maximum absolute atomic E-state index is 12.4. The van der Waals surface area contributed by atoms with Crippen LogP contribution in [-0.2, 0) is 11.3 Å². The van der Waals surface area contributed by atoms with Gasteiger partial charge in [0.1, 0.15) is 6.54 Å². The highest BCUT2D eigenvalue weighted by Crippen LogP contribution is 2.17. The summed E-state index contributed by atoms with van der Waals surface area (Å²) in [5.41, 5.74) is 0.345. The zero-order valence-corrected chi connectivity index (χ0v) is 13.9. The second-order valence-electron chi connectivity index (χ2n) is 4.66. The minimum atomic E-state index is -0.312. The number of nitrogens with one attached hydrogen (secondary N) is 1. The Morgan fingerprint density at radius 3 is 2.95 bits per heavy atom. The molecule has 1 N–H and O–H groups in total. The van der Waals surface area contributed by atoms with Gasteiger partial charge in [0.25, 0.3) is 5.56 Å². The number of carbonyl (C=O) groups is 1. The molecule has 0 fully saturated rings. The van der Waals surface area contributed by atoms with Gasteiger partial charge in [-0.25, -0.2) is 9.97 Å². The summed E-state index contributed by atoms with van der Waals surface area (Å²) >= 11 is 4.71. The Hall–Kier alpha value is -2.06. The Kier molecular flexibility index (Phi) is 4.04. The summed E-state index contributed by atoms with van der Waals surface area (Å²) in [6, 6.07) is 5.27. The lowest BCUT2D eigenvalue weighted by molar-refractivity contribution is -0.116. The fourth-order valence-electron chi connectivity index (χ4n) is 1.97. The number of hydrogen-bond donors (Lipinski definition) is 1. The van der Waals surface area contributed by atoms with E-state index in [-0.39, 0.29) is 18.0 Å². The van der Waals surface area contributed by atoms with E-state index in [1.54, 1.807) is 18.3 Å². The molecule has 0 unspecified atom stereocenters. The highest BCUT2D eigenvalue weighted by atomic mass is 79.9. The van der Waals surface area contributed by atoms with Gasteiger partial charge >= 0.3 is 0 Å².